The number of hydrogen-bond acceptors (Lipinski definition) is 6. The standard InChI is InChI=1S/C31H24FN3O5/c1-38-22-11-6-10-21(17-22)31(37)40-25-15-14-19(16-26(25)39-2)18-33-35-30(36)29-27(20-8-4-3-5-9-20)23-12-7-13-24(32)28(23)34-29/h3-18,34H,1-2H3,(H,35,36). The Balaban J connectivity index is 1.34. The summed E-state index contributed by atoms with van der Waals surface area (Å²) in [6.07, 6.45) is 1.42. The lowest BCUT2D eigenvalue weighted by Crippen LogP contribution is -2.19. The summed E-state index contributed by atoms with van der Waals surface area (Å²) < 4.78 is 30.5. The molecule has 5 rings (SSSR count). The predicted octanol–water partition coefficient (Wildman–Crippen LogP) is 5.97. The molecule has 2 N–H and O–H groups in total. The average molecular weight is 538 g/mol. The molecular weight excluding hydrogens is 513 g/mol. The molecule has 0 bridgehead atoms. The van der Waals surface area contributed by atoms with Crippen molar-refractivity contribution in [3.8, 4) is 28.4 Å². The van der Waals surface area contributed by atoms with Gasteiger partial charge in [-0.1, -0.05) is 48.5 Å². The number of hydrogen-bond donors (Lipinski definition) is 2. The molecule has 0 spiro atoms. The molecule has 0 aliphatic carbocycles. The summed E-state index contributed by atoms with van der Waals surface area (Å²) in [7, 11) is 2.96. The van der Waals surface area contributed by atoms with Crippen LogP contribution >= 0.6 is 0 Å². The first-order valence-electron chi connectivity index (χ1n) is 12.2. The van der Waals surface area contributed by atoms with Crippen molar-refractivity contribution in [2.24, 2.45) is 5.10 Å². The van der Waals surface area contributed by atoms with Crippen molar-refractivity contribution in [2.45, 2.75) is 0 Å². The number of nitrogens with one attached hydrogen (secondary N) is 2. The second-order valence-corrected chi connectivity index (χ2v) is 8.63. The molecule has 40 heavy (non-hydrogen) atoms. The number of aromatic amines is 1. The van der Waals surface area contributed by atoms with Gasteiger partial charge in [0.2, 0.25) is 0 Å². The van der Waals surface area contributed by atoms with E-state index in [-0.39, 0.29) is 17.0 Å². The van der Waals surface area contributed by atoms with E-state index in [2.05, 4.69) is 15.5 Å². The van der Waals surface area contributed by atoms with E-state index in [0.717, 1.165) is 5.56 Å². The average Bonchev–Trinajstić information content (AvgIpc) is 3.39. The van der Waals surface area contributed by atoms with Gasteiger partial charge in [0.1, 0.15) is 17.3 Å². The largest absolute Gasteiger partial charge is 0.497 e. The van der Waals surface area contributed by atoms with Gasteiger partial charge in [-0.25, -0.2) is 14.6 Å². The molecule has 0 saturated heterocycles. The number of ether oxygens (including phenoxy) is 3. The first-order valence-corrected chi connectivity index (χ1v) is 12.2. The molecular formula is C31H24FN3O5. The first-order chi connectivity index (χ1) is 19.5. The van der Waals surface area contributed by atoms with E-state index in [0.29, 0.717) is 33.6 Å². The number of rotatable bonds is 8. The van der Waals surface area contributed by atoms with Crippen LogP contribution in [0.15, 0.2) is 96.1 Å². The molecule has 4 aromatic carbocycles. The molecule has 0 saturated carbocycles. The van der Waals surface area contributed by atoms with Crippen LogP contribution in [0.2, 0.25) is 0 Å². The molecule has 0 unspecified atom stereocenters. The predicted molar refractivity (Wildman–Crippen MR) is 150 cm³/mol. The van der Waals surface area contributed by atoms with Crippen molar-refractivity contribution < 1.29 is 28.2 Å². The second-order valence-electron chi connectivity index (χ2n) is 8.63. The van der Waals surface area contributed by atoms with Crippen LogP contribution in [0.4, 0.5) is 4.39 Å². The van der Waals surface area contributed by atoms with Gasteiger partial charge in [-0.15, -0.1) is 0 Å². The Hall–Kier alpha value is -5.44. The minimum atomic E-state index is -0.574. The van der Waals surface area contributed by atoms with Crippen LogP contribution in [-0.2, 0) is 0 Å². The number of H-pyrrole nitrogens is 1. The highest BCUT2D eigenvalue weighted by Gasteiger charge is 2.20. The van der Waals surface area contributed by atoms with Gasteiger partial charge in [0.15, 0.2) is 11.5 Å². The molecule has 200 valence electrons. The van der Waals surface area contributed by atoms with Gasteiger partial charge in [0.25, 0.3) is 5.91 Å². The highest BCUT2D eigenvalue weighted by molar-refractivity contribution is 6.10. The highest BCUT2D eigenvalue weighted by atomic mass is 19.1. The SMILES string of the molecule is COc1cccc(C(=O)Oc2ccc(C=NNC(=O)c3[nH]c4c(F)cccc4c3-c3ccccc3)cc2OC)c1. The number of esters is 1. The number of carbonyl (C=O) groups excluding carboxylic acids is 2. The topological polar surface area (TPSA) is 102 Å². The van der Waals surface area contributed by atoms with Crippen LogP contribution in [0.5, 0.6) is 17.2 Å². The summed E-state index contributed by atoms with van der Waals surface area (Å²) in [6.45, 7) is 0. The van der Waals surface area contributed by atoms with Crippen LogP contribution in [0.1, 0.15) is 26.4 Å². The summed E-state index contributed by atoms with van der Waals surface area (Å²) in [5.74, 6) is -0.538. The monoisotopic (exact) mass is 537 g/mol. The number of aromatic nitrogens is 1. The van der Waals surface area contributed by atoms with E-state index in [1.807, 2.05) is 30.3 Å². The van der Waals surface area contributed by atoms with E-state index < -0.39 is 17.7 Å². The zero-order valence-corrected chi connectivity index (χ0v) is 21.6. The van der Waals surface area contributed by atoms with Crippen molar-refractivity contribution in [1.29, 1.82) is 0 Å². The van der Waals surface area contributed by atoms with E-state index in [1.165, 1.54) is 26.5 Å². The van der Waals surface area contributed by atoms with Crippen molar-refractivity contribution in [3.05, 3.63) is 114 Å². The highest BCUT2D eigenvalue weighted by Crippen LogP contribution is 2.33. The number of carbonyl (C=O) groups is 2. The maximum Gasteiger partial charge on any atom is 0.343 e. The van der Waals surface area contributed by atoms with Crippen molar-refractivity contribution in [2.75, 3.05) is 14.2 Å². The maximum atomic E-state index is 14.5. The summed E-state index contributed by atoms with van der Waals surface area (Å²) in [5, 5.41) is 4.65. The Labute approximate surface area is 229 Å². The fourth-order valence-electron chi connectivity index (χ4n) is 4.24. The quantitative estimate of drug-likeness (QED) is 0.110. The van der Waals surface area contributed by atoms with Crippen molar-refractivity contribution >= 4 is 29.0 Å². The van der Waals surface area contributed by atoms with Crippen LogP contribution < -0.4 is 19.6 Å². The van der Waals surface area contributed by atoms with Crippen LogP contribution in [0.3, 0.4) is 0 Å². The Morgan fingerprint density at radius 2 is 1.68 bits per heavy atom. The lowest BCUT2D eigenvalue weighted by atomic mass is 10.0. The number of nitrogens with zero attached hydrogens (tertiary/aromatic N) is 1. The Kier molecular flexibility index (Phi) is 7.54. The molecule has 1 amide bonds. The van der Waals surface area contributed by atoms with Gasteiger partial charge in [0.05, 0.1) is 31.5 Å². The van der Waals surface area contributed by atoms with E-state index >= 15 is 0 Å². The smallest absolute Gasteiger partial charge is 0.343 e. The number of methoxy groups -OCH3 is 2. The molecule has 0 aliphatic heterocycles. The summed E-state index contributed by atoms with van der Waals surface area (Å²) in [4.78, 5) is 28.6. The summed E-state index contributed by atoms with van der Waals surface area (Å²) >= 11 is 0. The Morgan fingerprint density at radius 1 is 0.875 bits per heavy atom. The zero-order valence-electron chi connectivity index (χ0n) is 21.6. The number of para-hydroxylation sites is 1. The molecule has 0 aliphatic rings. The number of halogens is 1. The zero-order chi connectivity index (χ0) is 28.1. The minimum Gasteiger partial charge on any atom is -0.497 e. The van der Waals surface area contributed by atoms with Gasteiger partial charge < -0.3 is 19.2 Å². The second kappa shape index (κ2) is 11.5. The van der Waals surface area contributed by atoms with Gasteiger partial charge in [-0.3, -0.25) is 4.79 Å². The third kappa shape index (κ3) is 5.39. The van der Waals surface area contributed by atoms with Crippen molar-refractivity contribution in [1.82, 2.24) is 10.4 Å². The molecule has 1 aromatic heterocycles. The van der Waals surface area contributed by atoms with Gasteiger partial charge in [-0.05, 0) is 53.6 Å². The number of fused-ring (bicyclic) bond motifs is 1. The molecule has 9 heteroatoms. The Bertz CT molecular complexity index is 1730. The maximum absolute atomic E-state index is 14.5. The number of benzene rings is 4. The van der Waals surface area contributed by atoms with E-state index in [9.17, 15) is 14.0 Å². The van der Waals surface area contributed by atoms with Crippen LogP contribution in [-0.4, -0.2) is 37.3 Å². The molecule has 1 heterocycles. The van der Waals surface area contributed by atoms with Crippen molar-refractivity contribution in [3.63, 3.8) is 0 Å². The van der Waals surface area contributed by atoms with E-state index in [4.69, 9.17) is 14.2 Å². The Morgan fingerprint density at radius 3 is 2.45 bits per heavy atom. The summed E-state index contributed by atoms with van der Waals surface area (Å²) in [6, 6.07) is 25.4. The lowest BCUT2D eigenvalue weighted by molar-refractivity contribution is 0.0729. The van der Waals surface area contributed by atoms with Gasteiger partial charge in [0, 0.05) is 10.9 Å². The third-order valence-electron chi connectivity index (χ3n) is 6.15. The third-order valence-corrected chi connectivity index (χ3v) is 6.15. The fraction of sp³-hybridized carbons (Fsp3) is 0.0645. The molecule has 0 radical (unpaired) electrons. The number of amides is 1. The molecule has 0 fully saturated rings. The number of hydrazone groups is 1. The summed E-state index contributed by atoms with van der Waals surface area (Å²) in [5.41, 5.74) is 5.14. The van der Waals surface area contributed by atoms with Crippen LogP contribution in [0, 0.1) is 5.82 Å². The van der Waals surface area contributed by atoms with Gasteiger partial charge in [-0.2, -0.15) is 5.10 Å². The van der Waals surface area contributed by atoms with Crippen LogP contribution in [0.25, 0.3) is 22.0 Å². The normalized spacial score (nSPS) is 11.0. The molecule has 0 atom stereocenters. The first kappa shape index (κ1) is 26.2. The lowest BCUT2D eigenvalue weighted by Gasteiger charge is -2.10. The molecule has 5 aromatic rings. The van der Waals surface area contributed by atoms with E-state index in [1.54, 1.807) is 54.6 Å². The van der Waals surface area contributed by atoms with Gasteiger partial charge >= 0.3 is 5.97 Å². The minimum absolute atomic E-state index is 0.181. The molecule has 8 nitrogen and oxygen atoms in total. The fourth-order valence-corrected chi connectivity index (χ4v) is 4.24.